The first-order valence-electron chi connectivity index (χ1n) is 4.79. The van der Waals surface area contributed by atoms with E-state index in [-0.39, 0.29) is 0 Å². The van der Waals surface area contributed by atoms with Gasteiger partial charge in [-0.15, -0.1) is 0 Å². The Kier molecular flexibility index (Phi) is 2.49. The number of amides is 1. The topological polar surface area (TPSA) is 72.9 Å². The highest BCUT2D eigenvalue weighted by Crippen LogP contribution is 2.10. The maximum absolute atomic E-state index is 10.8. The second kappa shape index (κ2) is 3.79. The number of primary amides is 1. The van der Waals surface area contributed by atoms with Crippen molar-refractivity contribution in [2.75, 3.05) is 13.1 Å². The van der Waals surface area contributed by atoms with Crippen molar-refractivity contribution in [3.8, 4) is 0 Å². The van der Waals surface area contributed by atoms with Crippen LogP contribution in [-0.2, 0) is 6.54 Å². The molecular formula is C9H14N4O. The molecule has 0 unspecified atom stereocenters. The van der Waals surface area contributed by atoms with E-state index in [4.69, 9.17) is 5.73 Å². The normalized spacial score (nSPS) is 21.3. The van der Waals surface area contributed by atoms with Crippen molar-refractivity contribution in [2.45, 2.75) is 13.0 Å². The highest BCUT2D eigenvalue weighted by atomic mass is 16.1. The van der Waals surface area contributed by atoms with E-state index < -0.39 is 5.91 Å². The van der Waals surface area contributed by atoms with Crippen LogP contribution in [0.15, 0.2) is 12.3 Å². The average molecular weight is 194 g/mol. The van der Waals surface area contributed by atoms with Crippen LogP contribution in [0.4, 0.5) is 0 Å². The van der Waals surface area contributed by atoms with E-state index in [0.717, 1.165) is 19.6 Å². The first kappa shape index (κ1) is 9.21. The Morgan fingerprint density at radius 1 is 1.79 bits per heavy atom. The molecule has 0 bridgehead atoms. The summed E-state index contributed by atoms with van der Waals surface area (Å²) in [5.41, 5.74) is 5.45. The zero-order valence-electron chi connectivity index (χ0n) is 7.94. The molecule has 1 saturated heterocycles. The fourth-order valence-corrected chi connectivity index (χ4v) is 1.73. The Bertz CT molecular complexity index is 327. The summed E-state index contributed by atoms with van der Waals surface area (Å²) < 4.78 is 1.79. The lowest BCUT2D eigenvalue weighted by atomic mass is 10.1. The van der Waals surface area contributed by atoms with Crippen LogP contribution in [0.25, 0.3) is 0 Å². The minimum atomic E-state index is -0.465. The number of hydrogen-bond acceptors (Lipinski definition) is 3. The van der Waals surface area contributed by atoms with Crippen molar-refractivity contribution in [3.05, 3.63) is 18.0 Å². The van der Waals surface area contributed by atoms with Gasteiger partial charge in [-0.05, 0) is 31.5 Å². The molecule has 1 aliphatic rings. The monoisotopic (exact) mass is 194 g/mol. The molecule has 0 aliphatic carbocycles. The van der Waals surface area contributed by atoms with Crippen molar-refractivity contribution >= 4 is 5.91 Å². The van der Waals surface area contributed by atoms with Crippen LogP contribution in [0.5, 0.6) is 0 Å². The standard InChI is InChI=1S/C9H14N4O/c10-9(14)8-2-4-13(12-8)6-7-1-3-11-5-7/h2,4,7,11H,1,3,5-6H2,(H2,10,14)/t7-/m1/s1. The summed E-state index contributed by atoms with van der Waals surface area (Å²) >= 11 is 0. The van der Waals surface area contributed by atoms with Gasteiger partial charge in [-0.25, -0.2) is 0 Å². The highest BCUT2D eigenvalue weighted by molar-refractivity contribution is 5.90. The maximum atomic E-state index is 10.8. The van der Waals surface area contributed by atoms with Crippen LogP contribution in [0.1, 0.15) is 16.9 Å². The summed E-state index contributed by atoms with van der Waals surface area (Å²) in [6.45, 7) is 2.97. The van der Waals surface area contributed by atoms with Crippen molar-refractivity contribution < 1.29 is 4.79 Å². The van der Waals surface area contributed by atoms with Crippen LogP contribution < -0.4 is 11.1 Å². The van der Waals surface area contributed by atoms with Crippen molar-refractivity contribution in [1.82, 2.24) is 15.1 Å². The van der Waals surface area contributed by atoms with E-state index >= 15 is 0 Å². The minimum Gasteiger partial charge on any atom is -0.364 e. The van der Waals surface area contributed by atoms with Crippen molar-refractivity contribution in [2.24, 2.45) is 11.7 Å². The maximum Gasteiger partial charge on any atom is 0.269 e. The predicted octanol–water partition coefficient (Wildman–Crippen LogP) is -0.409. The lowest BCUT2D eigenvalue weighted by Crippen LogP contribution is -2.16. The molecule has 2 heterocycles. The van der Waals surface area contributed by atoms with Gasteiger partial charge in [-0.3, -0.25) is 9.48 Å². The van der Waals surface area contributed by atoms with E-state index in [1.807, 2.05) is 0 Å². The summed E-state index contributed by atoms with van der Waals surface area (Å²) in [6, 6.07) is 1.66. The van der Waals surface area contributed by atoms with Gasteiger partial charge >= 0.3 is 0 Å². The van der Waals surface area contributed by atoms with E-state index in [0.29, 0.717) is 11.6 Å². The second-order valence-corrected chi connectivity index (χ2v) is 3.65. The molecule has 5 heteroatoms. The fraction of sp³-hybridized carbons (Fsp3) is 0.556. The van der Waals surface area contributed by atoms with Crippen molar-refractivity contribution in [3.63, 3.8) is 0 Å². The van der Waals surface area contributed by atoms with Crippen LogP contribution >= 0.6 is 0 Å². The zero-order valence-corrected chi connectivity index (χ0v) is 7.94. The molecule has 1 atom stereocenters. The molecule has 76 valence electrons. The van der Waals surface area contributed by atoms with Crippen LogP contribution in [0, 0.1) is 5.92 Å². The van der Waals surface area contributed by atoms with Crippen LogP contribution in [-0.4, -0.2) is 28.8 Å². The first-order valence-corrected chi connectivity index (χ1v) is 4.79. The molecule has 0 radical (unpaired) electrons. The molecule has 3 N–H and O–H groups in total. The largest absolute Gasteiger partial charge is 0.364 e. The van der Waals surface area contributed by atoms with Gasteiger partial charge in [0.15, 0.2) is 0 Å². The van der Waals surface area contributed by atoms with Gasteiger partial charge in [-0.1, -0.05) is 0 Å². The van der Waals surface area contributed by atoms with Crippen molar-refractivity contribution in [1.29, 1.82) is 0 Å². The SMILES string of the molecule is NC(=O)c1ccn(C[C@@H]2CCNC2)n1. The zero-order chi connectivity index (χ0) is 9.97. The van der Waals surface area contributed by atoms with Gasteiger partial charge in [0.1, 0.15) is 5.69 Å². The molecule has 2 rings (SSSR count). The average Bonchev–Trinajstić information content (AvgIpc) is 2.75. The molecule has 14 heavy (non-hydrogen) atoms. The second-order valence-electron chi connectivity index (χ2n) is 3.65. The van der Waals surface area contributed by atoms with E-state index in [2.05, 4.69) is 10.4 Å². The quantitative estimate of drug-likeness (QED) is 0.687. The Balaban J connectivity index is 1.98. The van der Waals surface area contributed by atoms with Gasteiger partial charge in [0.25, 0.3) is 5.91 Å². The summed E-state index contributed by atoms with van der Waals surface area (Å²) in [4.78, 5) is 10.8. The molecular weight excluding hydrogens is 180 g/mol. The third-order valence-electron chi connectivity index (χ3n) is 2.50. The highest BCUT2D eigenvalue weighted by Gasteiger charge is 2.15. The third-order valence-corrected chi connectivity index (χ3v) is 2.50. The van der Waals surface area contributed by atoms with Gasteiger partial charge in [0.2, 0.25) is 0 Å². The van der Waals surface area contributed by atoms with Crippen LogP contribution in [0.3, 0.4) is 0 Å². The van der Waals surface area contributed by atoms with E-state index in [1.54, 1.807) is 16.9 Å². The molecule has 1 amide bonds. The Morgan fingerprint density at radius 3 is 3.21 bits per heavy atom. The predicted molar refractivity (Wildman–Crippen MR) is 51.7 cm³/mol. The number of nitrogens with one attached hydrogen (secondary N) is 1. The number of aromatic nitrogens is 2. The number of rotatable bonds is 3. The molecule has 1 aromatic heterocycles. The summed E-state index contributed by atoms with van der Waals surface area (Å²) in [6.07, 6.45) is 2.98. The van der Waals surface area contributed by atoms with E-state index in [1.165, 1.54) is 6.42 Å². The van der Waals surface area contributed by atoms with Gasteiger partial charge in [0.05, 0.1) is 0 Å². The summed E-state index contributed by atoms with van der Waals surface area (Å²) in [5.74, 6) is 0.156. The molecule has 1 aliphatic heterocycles. The Morgan fingerprint density at radius 2 is 2.64 bits per heavy atom. The van der Waals surface area contributed by atoms with E-state index in [9.17, 15) is 4.79 Å². The summed E-state index contributed by atoms with van der Waals surface area (Å²) in [7, 11) is 0. The molecule has 0 aromatic carbocycles. The molecule has 0 spiro atoms. The number of carbonyl (C=O) groups is 1. The van der Waals surface area contributed by atoms with Gasteiger partial charge in [0, 0.05) is 12.7 Å². The Labute approximate surface area is 82.3 Å². The third kappa shape index (κ3) is 1.93. The smallest absolute Gasteiger partial charge is 0.269 e. The molecule has 1 aromatic rings. The number of nitrogens with zero attached hydrogens (tertiary/aromatic N) is 2. The molecule has 1 fully saturated rings. The first-order chi connectivity index (χ1) is 6.75. The fourth-order valence-electron chi connectivity index (χ4n) is 1.73. The molecule has 0 saturated carbocycles. The number of hydrogen-bond donors (Lipinski definition) is 2. The Hall–Kier alpha value is -1.36. The molecule has 5 nitrogen and oxygen atoms in total. The van der Waals surface area contributed by atoms with Crippen LogP contribution in [0.2, 0.25) is 0 Å². The summed E-state index contributed by atoms with van der Waals surface area (Å²) in [5, 5.41) is 7.38. The number of carbonyl (C=O) groups excluding carboxylic acids is 1. The van der Waals surface area contributed by atoms with Gasteiger partial charge in [-0.2, -0.15) is 5.10 Å². The van der Waals surface area contributed by atoms with Gasteiger partial charge < -0.3 is 11.1 Å². The lowest BCUT2D eigenvalue weighted by molar-refractivity contribution is 0.0994. The minimum absolute atomic E-state index is 0.343. The number of nitrogens with two attached hydrogens (primary N) is 1. The lowest BCUT2D eigenvalue weighted by Gasteiger charge is -2.07.